The predicted molar refractivity (Wildman–Crippen MR) is 93.7 cm³/mol. The number of hydrogen-bond acceptors (Lipinski definition) is 3. The zero-order chi connectivity index (χ0) is 16.2. The third-order valence-electron chi connectivity index (χ3n) is 4.04. The first-order chi connectivity index (χ1) is 11.2. The molecule has 1 atom stereocenters. The van der Waals surface area contributed by atoms with Crippen LogP contribution in [-0.4, -0.2) is 30.4 Å². The highest BCUT2D eigenvalue weighted by molar-refractivity contribution is 9.10. The van der Waals surface area contributed by atoms with Crippen LogP contribution in [0.3, 0.4) is 0 Å². The van der Waals surface area contributed by atoms with Crippen LogP contribution in [0.25, 0.3) is 0 Å². The van der Waals surface area contributed by atoms with Gasteiger partial charge in [-0.3, -0.25) is 4.79 Å². The Morgan fingerprint density at radius 3 is 2.65 bits per heavy atom. The molecule has 1 fully saturated rings. The molecular formula is C18H19BrN2O2. The zero-order valence-corrected chi connectivity index (χ0v) is 14.3. The average molecular weight is 375 g/mol. The van der Waals surface area contributed by atoms with E-state index < -0.39 is 0 Å². The second-order valence-corrected chi connectivity index (χ2v) is 6.64. The van der Waals surface area contributed by atoms with Crippen molar-refractivity contribution in [3.8, 4) is 11.5 Å². The highest BCUT2D eigenvalue weighted by Crippen LogP contribution is 2.25. The van der Waals surface area contributed by atoms with Gasteiger partial charge in [0.05, 0.1) is 0 Å². The average Bonchev–Trinajstić information content (AvgIpc) is 3.04. The Morgan fingerprint density at radius 2 is 2.00 bits per heavy atom. The summed E-state index contributed by atoms with van der Waals surface area (Å²) in [6.07, 6.45) is 0.992. The van der Waals surface area contributed by atoms with Gasteiger partial charge in [-0.05, 0) is 61.3 Å². The van der Waals surface area contributed by atoms with Gasteiger partial charge in [0.1, 0.15) is 11.5 Å². The van der Waals surface area contributed by atoms with Crippen LogP contribution in [0.4, 0.5) is 0 Å². The molecule has 0 radical (unpaired) electrons. The number of nitrogens with two attached hydrogens (primary N) is 1. The number of likely N-dealkylation sites (tertiary alicyclic amines) is 1. The summed E-state index contributed by atoms with van der Waals surface area (Å²) in [5.41, 5.74) is 6.37. The van der Waals surface area contributed by atoms with E-state index in [1.54, 1.807) is 0 Å². The Hall–Kier alpha value is -1.85. The maximum atomic E-state index is 12.5. The second-order valence-electron chi connectivity index (χ2n) is 5.73. The number of rotatable bonds is 4. The summed E-state index contributed by atoms with van der Waals surface area (Å²) in [7, 11) is 0. The molecule has 0 bridgehead atoms. The molecule has 2 aromatic rings. The van der Waals surface area contributed by atoms with E-state index in [1.807, 2.05) is 53.4 Å². The largest absolute Gasteiger partial charge is 0.457 e. The van der Waals surface area contributed by atoms with E-state index in [-0.39, 0.29) is 5.91 Å². The first-order valence-corrected chi connectivity index (χ1v) is 8.48. The van der Waals surface area contributed by atoms with Crippen molar-refractivity contribution in [2.24, 2.45) is 11.7 Å². The van der Waals surface area contributed by atoms with Crippen LogP contribution < -0.4 is 10.5 Å². The number of carbonyl (C=O) groups excluding carboxylic acids is 1. The normalized spacial score (nSPS) is 17.3. The van der Waals surface area contributed by atoms with Crippen LogP contribution >= 0.6 is 15.9 Å². The molecule has 0 aromatic heterocycles. The molecule has 0 spiro atoms. The van der Waals surface area contributed by atoms with Crippen molar-refractivity contribution in [1.82, 2.24) is 4.90 Å². The third kappa shape index (κ3) is 3.92. The number of amides is 1. The standard InChI is InChI=1S/C18H19BrN2O2/c19-15-2-1-3-17(10-15)23-16-6-4-14(5-7-16)18(22)21-9-8-13(11-20)12-21/h1-7,10,13H,8-9,11-12,20H2/t13-/m1/s1. The van der Waals surface area contributed by atoms with E-state index in [2.05, 4.69) is 15.9 Å². The predicted octanol–water partition coefficient (Wildman–Crippen LogP) is 3.66. The lowest BCUT2D eigenvalue weighted by molar-refractivity contribution is 0.0787. The molecule has 0 saturated carbocycles. The fraction of sp³-hybridized carbons (Fsp3) is 0.278. The summed E-state index contributed by atoms with van der Waals surface area (Å²) in [4.78, 5) is 14.3. The van der Waals surface area contributed by atoms with Gasteiger partial charge in [0, 0.05) is 23.1 Å². The topological polar surface area (TPSA) is 55.6 Å². The van der Waals surface area contributed by atoms with Crippen LogP contribution in [-0.2, 0) is 0 Å². The van der Waals surface area contributed by atoms with Crippen LogP contribution in [0.5, 0.6) is 11.5 Å². The smallest absolute Gasteiger partial charge is 0.253 e. The minimum Gasteiger partial charge on any atom is -0.457 e. The van der Waals surface area contributed by atoms with E-state index in [1.165, 1.54) is 0 Å². The molecule has 0 unspecified atom stereocenters. The number of ether oxygens (including phenoxy) is 1. The van der Waals surface area contributed by atoms with E-state index in [0.29, 0.717) is 23.8 Å². The van der Waals surface area contributed by atoms with E-state index in [0.717, 1.165) is 29.7 Å². The molecule has 2 aromatic carbocycles. The lowest BCUT2D eigenvalue weighted by Crippen LogP contribution is -2.29. The van der Waals surface area contributed by atoms with Gasteiger partial charge < -0.3 is 15.4 Å². The number of halogens is 1. The molecule has 1 aliphatic heterocycles. The molecule has 1 aliphatic rings. The van der Waals surface area contributed by atoms with Crippen LogP contribution in [0.2, 0.25) is 0 Å². The third-order valence-corrected chi connectivity index (χ3v) is 4.53. The second kappa shape index (κ2) is 7.15. The van der Waals surface area contributed by atoms with Crippen LogP contribution in [0.1, 0.15) is 16.8 Å². The van der Waals surface area contributed by atoms with Gasteiger partial charge in [-0.15, -0.1) is 0 Å². The first kappa shape index (κ1) is 16.0. The highest BCUT2D eigenvalue weighted by atomic mass is 79.9. The fourth-order valence-corrected chi connectivity index (χ4v) is 3.10. The number of hydrogen-bond donors (Lipinski definition) is 1. The summed E-state index contributed by atoms with van der Waals surface area (Å²) >= 11 is 3.42. The Morgan fingerprint density at radius 1 is 1.22 bits per heavy atom. The van der Waals surface area contributed by atoms with Gasteiger partial charge >= 0.3 is 0 Å². The molecule has 0 aliphatic carbocycles. The molecule has 4 nitrogen and oxygen atoms in total. The highest BCUT2D eigenvalue weighted by Gasteiger charge is 2.25. The lowest BCUT2D eigenvalue weighted by Gasteiger charge is -2.16. The van der Waals surface area contributed by atoms with E-state index in [9.17, 15) is 4.79 Å². The molecule has 1 heterocycles. The molecule has 120 valence electrons. The molecule has 2 N–H and O–H groups in total. The Bertz CT molecular complexity index is 688. The first-order valence-electron chi connectivity index (χ1n) is 7.68. The van der Waals surface area contributed by atoms with Crippen molar-refractivity contribution in [3.63, 3.8) is 0 Å². The maximum absolute atomic E-state index is 12.5. The van der Waals surface area contributed by atoms with Crippen LogP contribution in [0, 0.1) is 5.92 Å². The molecule has 23 heavy (non-hydrogen) atoms. The Balaban J connectivity index is 1.66. The monoisotopic (exact) mass is 374 g/mol. The zero-order valence-electron chi connectivity index (χ0n) is 12.7. The fourth-order valence-electron chi connectivity index (χ4n) is 2.72. The van der Waals surface area contributed by atoms with Crippen LogP contribution in [0.15, 0.2) is 53.0 Å². The van der Waals surface area contributed by atoms with Gasteiger partial charge in [0.25, 0.3) is 5.91 Å². The summed E-state index contributed by atoms with van der Waals surface area (Å²) in [5.74, 6) is 1.96. The van der Waals surface area contributed by atoms with Gasteiger partial charge in [0.15, 0.2) is 0 Å². The number of nitrogens with zero attached hydrogens (tertiary/aromatic N) is 1. The minimum atomic E-state index is 0.0648. The molecule has 1 amide bonds. The van der Waals surface area contributed by atoms with Crippen molar-refractivity contribution in [2.75, 3.05) is 19.6 Å². The number of benzene rings is 2. The Kier molecular flexibility index (Phi) is 4.98. The van der Waals surface area contributed by atoms with Gasteiger partial charge in [-0.2, -0.15) is 0 Å². The van der Waals surface area contributed by atoms with E-state index >= 15 is 0 Å². The van der Waals surface area contributed by atoms with Crippen molar-refractivity contribution < 1.29 is 9.53 Å². The SMILES string of the molecule is NC[C@H]1CCN(C(=O)c2ccc(Oc3cccc(Br)c3)cc2)C1. The molecule has 1 saturated heterocycles. The summed E-state index contributed by atoms with van der Waals surface area (Å²) in [6.45, 7) is 2.19. The maximum Gasteiger partial charge on any atom is 0.253 e. The van der Waals surface area contributed by atoms with Crippen molar-refractivity contribution in [3.05, 3.63) is 58.6 Å². The lowest BCUT2D eigenvalue weighted by atomic mass is 10.1. The summed E-state index contributed by atoms with van der Waals surface area (Å²) in [6, 6.07) is 14.9. The summed E-state index contributed by atoms with van der Waals surface area (Å²) in [5, 5.41) is 0. The minimum absolute atomic E-state index is 0.0648. The summed E-state index contributed by atoms with van der Waals surface area (Å²) < 4.78 is 6.75. The van der Waals surface area contributed by atoms with Gasteiger partial charge in [-0.1, -0.05) is 22.0 Å². The molecule has 3 rings (SSSR count). The van der Waals surface area contributed by atoms with Crippen molar-refractivity contribution in [2.45, 2.75) is 6.42 Å². The molecular weight excluding hydrogens is 356 g/mol. The van der Waals surface area contributed by atoms with E-state index in [4.69, 9.17) is 10.5 Å². The van der Waals surface area contributed by atoms with Gasteiger partial charge in [-0.25, -0.2) is 0 Å². The molecule has 5 heteroatoms. The Labute approximate surface area is 144 Å². The quantitative estimate of drug-likeness (QED) is 0.888. The van der Waals surface area contributed by atoms with Gasteiger partial charge in [0.2, 0.25) is 0 Å². The van der Waals surface area contributed by atoms with Crippen molar-refractivity contribution in [1.29, 1.82) is 0 Å². The van der Waals surface area contributed by atoms with Crippen molar-refractivity contribution >= 4 is 21.8 Å². The number of carbonyl (C=O) groups is 1.